The number of fused-ring (bicyclic) bond motifs is 1. The lowest BCUT2D eigenvalue weighted by Gasteiger charge is -2.10. The van der Waals surface area contributed by atoms with Gasteiger partial charge in [-0.25, -0.2) is 8.42 Å². The van der Waals surface area contributed by atoms with E-state index in [9.17, 15) is 13.2 Å². The summed E-state index contributed by atoms with van der Waals surface area (Å²) in [7, 11) is -3.36. The number of hydrogen-bond donors (Lipinski definition) is 2. The first-order valence-electron chi connectivity index (χ1n) is 8.33. The Morgan fingerprint density at radius 2 is 1.88 bits per heavy atom. The first-order valence-corrected chi connectivity index (χ1v) is 11.0. The van der Waals surface area contributed by atoms with Crippen LogP contribution < -0.4 is 10.0 Å². The van der Waals surface area contributed by atoms with Crippen molar-refractivity contribution in [3.8, 4) is 0 Å². The van der Waals surface area contributed by atoms with Crippen LogP contribution in [0.2, 0.25) is 0 Å². The van der Waals surface area contributed by atoms with E-state index in [1.165, 1.54) is 29.7 Å². The van der Waals surface area contributed by atoms with Gasteiger partial charge in [0.05, 0.1) is 16.8 Å². The molecular weight excluding hydrogens is 356 g/mol. The molecule has 5 nitrogen and oxygen atoms in total. The number of benzene rings is 1. The summed E-state index contributed by atoms with van der Waals surface area (Å²) < 4.78 is 25.4. The predicted molar refractivity (Wildman–Crippen MR) is 103 cm³/mol. The van der Waals surface area contributed by atoms with Gasteiger partial charge in [0.1, 0.15) is 0 Å². The van der Waals surface area contributed by atoms with Crippen LogP contribution in [0.5, 0.6) is 0 Å². The third-order valence-electron chi connectivity index (χ3n) is 4.26. The van der Waals surface area contributed by atoms with Crippen molar-refractivity contribution in [2.45, 2.75) is 39.0 Å². The number of sulfonamides is 1. The molecule has 0 unspecified atom stereocenters. The Morgan fingerprint density at radius 3 is 2.64 bits per heavy atom. The molecule has 2 aromatic rings. The number of hydrogen-bond acceptors (Lipinski definition) is 4. The van der Waals surface area contributed by atoms with Gasteiger partial charge in [-0.2, -0.15) is 0 Å². The van der Waals surface area contributed by atoms with Gasteiger partial charge in [-0.15, -0.1) is 11.3 Å². The van der Waals surface area contributed by atoms with Gasteiger partial charge in [-0.1, -0.05) is 12.5 Å². The van der Waals surface area contributed by atoms with Crippen LogP contribution in [0.15, 0.2) is 24.3 Å². The van der Waals surface area contributed by atoms with E-state index in [1.807, 2.05) is 13.0 Å². The molecule has 1 heterocycles. The summed E-state index contributed by atoms with van der Waals surface area (Å²) in [5.41, 5.74) is 3.15. The second-order valence-corrected chi connectivity index (χ2v) is 9.36. The molecule has 1 aromatic heterocycles. The Labute approximate surface area is 152 Å². The lowest BCUT2D eigenvalue weighted by atomic mass is 10.1. The third-order valence-corrected chi connectivity index (χ3v) is 6.09. The van der Waals surface area contributed by atoms with Crippen LogP contribution in [0.4, 0.5) is 11.4 Å². The van der Waals surface area contributed by atoms with Crippen molar-refractivity contribution in [1.29, 1.82) is 0 Å². The summed E-state index contributed by atoms with van der Waals surface area (Å²) in [5, 5.41) is 2.87. The summed E-state index contributed by atoms with van der Waals surface area (Å²) >= 11 is 1.57. The van der Waals surface area contributed by atoms with Gasteiger partial charge in [0.2, 0.25) is 10.0 Å². The van der Waals surface area contributed by atoms with Gasteiger partial charge in [-0.3, -0.25) is 9.52 Å². The fourth-order valence-electron chi connectivity index (χ4n) is 2.98. The number of carbonyl (C=O) groups is 1. The summed E-state index contributed by atoms with van der Waals surface area (Å²) in [6.45, 7) is 1.81. The predicted octanol–water partition coefficient (Wildman–Crippen LogP) is 3.95. The molecule has 3 rings (SSSR count). The van der Waals surface area contributed by atoms with Crippen molar-refractivity contribution in [3.63, 3.8) is 0 Å². The van der Waals surface area contributed by atoms with E-state index in [2.05, 4.69) is 10.0 Å². The Bertz CT molecular complexity index is 878. The molecule has 0 saturated heterocycles. The van der Waals surface area contributed by atoms with Crippen molar-refractivity contribution in [3.05, 3.63) is 45.1 Å². The molecule has 0 saturated carbocycles. The molecule has 0 fully saturated rings. The normalized spacial score (nSPS) is 14.5. The Morgan fingerprint density at radius 1 is 1.12 bits per heavy atom. The van der Waals surface area contributed by atoms with Crippen LogP contribution in [0, 0.1) is 6.92 Å². The highest BCUT2D eigenvalue weighted by atomic mass is 32.2. The number of anilines is 2. The second-order valence-electron chi connectivity index (χ2n) is 6.48. The molecule has 2 N–H and O–H groups in total. The molecule has 25 heavy (non-hydrogen) atoms. The summed E-state index contributed by atoms with van der Waals surface area (Å²) in [4.78, 5) is 14.6. The largest absolute Gasteiger partial charge is 0.321 e. The third kappa shape index (κ3) is 4.61. The number of carbonyl (C=O) groups excluding carboxylic acids is 1. The van der Waals surface area contributed by atoms with Crippen LogP contribution >= 0.6 is 11.3 Å². The first kappa shape index (κ1) is 17.9. The van der Waals surface area contributed by atoms with E-state index in [-0.39, 0.29) is 5.91 Å². The molecule has 0 atom stereocenters. The fourth-order valence-corrected chi connectivity index (χ4v) is 4.75. The zero-order chi connectivity index (χ0) is 18.0. The maximum atomic E-state index is 12.6. The number of rotatable bonds is 4. The van der Waals surface area contributed by atoms with Crippen LogP contribution in [-0.4, -0.2) is 20.6 Å². The van der Waals surface area contributed by atoms with Crippen LogP contribution in [0.3, 0.4) is 0 Å². The molecule has 1 amide bonds. The molecule has 0 aliphatic heterocycles. The minimum Gasteiger partial charge on any atom is -0.321 e. The highest BCUT2D eigenvalue weighted by Crippen LogP contribution is 2.30. The van der Waals surface area contributed by atoms with Crippen molar-refractivity contribution in [2.24, 2.45) is 0 Å². The molecule has 7 heteroatoms. The topological polar surface area (TPSA) is 75.3 Å². The molecule has 1 aliphatic rings. The molecular formula is C18H22N2O3S2. The lowest BCUT2D eigenvalue weighted by Crippen LogP contribution is -2.13. The van der Waals surface area contributed by atoms with E-state index in [4.69, 9.17) is 0 Å². The summed E-state index contributed by atoms with van der Waals surface area (Å²) in [6, 6.07) is 7.21. The minimum atomic E-state index is -3.36. The van der Waals surface area contributed by atoms with E-state index >= 15 is 0 Å². The van der Waals surface area contributed by atoms with Gasteiger partial charge in [0.25, 0.3) is 5.91 Å². The van der Waals surface area contributed by atoms with E-state index in [0.29, 0.717) is 16.3 Å². The van der Waals surface area contributed by atoms with Crippen LogP contribution in [0.25, 0.3) is 0 Å². The molecule has 134 valence electrons. The molecule has 0 bridgehead atoms. The second kappa shape index (κ2) is 7.17. The van der Waals surface area contributed by atoms with Crippen LogP contribution in [0.1, 0.15) is 44.9 Å². The summed E-state index contributed by atoms with van der Waals surface area (Å²) in [5.74, 6) is -0.146. The SMILES string of the molecule is Cc1ccc(NC(=O)c2cc3c(s2)CCCCC3)cc1NS(C)(=O)=O. The average Bonchev–Trinajstić information content (AvgIpc) is 2.80. The average molecular weight is 379 g/mol. The smallest absolute Gasteiger partial charge is 0.265 e. The van der Waals surface area contributed by atoms with E-state index in [0.717, 1.165) is 24.7 Å². The quantitative estimate of drug-likeness (QED) is 0.791. The zero-order valence-electron chi connectivity index (χ0n) is 14.4. The Kier molecular flexibility index (Phi) is 5.15. The maximum Gasteiger partial charge on any atom is 0.265 e. The van der Waals surface area contributed by atoms with Crippen molar-refractivity contribution in [2.75, 3.05) is 16.3 Å². The Hall–Kier alpha value is -1.86. The monoisotopic (exact) mass is 378 g/mol. The maximum absolute atomic E-state index is 12.6. The highest BCUT2D eigenvalue weighted by molar-refractivity contribution is 7.92. The number of nitrogens with one attached hydrogen (secondary N) is 2. The molecule has 0 spiro atoms. The lowest BCUT2D eigenvalue weighted by molar-refractivity contribution is 0.103. The number of amides is 1. The molecule has 1 aliphatic carbocycles. The van der Waals surface area contributed by atoms with Gasteiger partial charge >= 0.3 is 0 Å². The summed E-state index contributed by atoms with van der Waals surface area (Å²) in [6.07, 6.45) is 6.83. The van der Waals surface area contributed by atoms with Gasteiger partial charge in [0.15, 0.2) is 0 Å². The zero-order valence-corrected chi connectivity index (χ0v) is 16.0. The fraction of sp³-hybridized carbons (Fsp3) is 0.389. The van der Waals surface area contributed by atoms with Crippen molar-refractivity contribution in [1.82, 2.24) is 0 Å². The van der Waals surface area contributed by atoms with Gasteiger partial charge in [-0.05, 0) is 61.9 Å². The minimum absolute atomic E-state index is 0.146. The van der Waals surface area contributed by atoms with Crippen LogP contribution in [-0.2, 0) is 22.9 Å². The number of thiophene rings is 1. The Balaban J connectivity index is 1.78. The first-order chi connectivity index (χ1) is 11.8. The van der Waals surface area contributed by atoms with E-state index < -0.39 is 10.0 Å². The molecule has 0 radical (unpaired) electrons. The van der Waals surface area contributed by atoms with Gasteiger partial charge in [0, 0.05) is 10.6 Å². The van der Waals surface area contributed by atoms with Gasteiger partial charge < -0.3 is 5.32 Å². The van der Waals surface area contributed by atoms with Crippen molar-refractivity contribution >= 4 is 38.6 Å². The van der Waals surface area contributed by atoms with Crippen molar-refractivity contribution < 1.29 is 13.2 Å². The highest BCUT2D eigenvalue weighted by Gasteiger charge is 2.17. The standard InChI is InChI=1S/C18H22N2O3S2/c1-12-8-9-14(11-15(12)20-25(2,22)23)19-18(21)17-10-13-6-4-3-5-7-16(13)24-17/h8-11,20H,3-7H2,1-2H3,(H,19,21). The van der Waals surface area contributed by atoms with E-state index in [1.54, 1.807) is 29.5 Å². The molecule has 1 aromatic carbocycles. The number of aryl methyl sites for hydroxylation is 3.